The van der Waals surface area contributed by atoms with E-state index in [9.17, 15) is 14.4 Å². The summed E-state index contributed by atoms with van der Waals surface area (Å²) in [6, 6.07) is 12.3. The summed E-state index contributed by atoms with van der Waals surface area (Å²) in [5.74, 6) is 0.451. The van der Waals surface area contributed by atoms with Crippen LogP contribution in [0, 0.1) is 5.92 Å². The van der Waals surface area contributed by atoms with Gasteiger partial charge in [0.2, 0.25) is 17.8 Å². The molecule has 4 N–H and O–H groups in total. The molecule has 3 fully saturated rings. The number of benzene rings is 2. The number of piperidine rings is 1. The van der Waals surface area contributed by atoms with Crippen molar-refractivity contribution in [3.63, 3.8) is 0 Å². The molecule has 8 rings (SSSR count). The highest BCUT2D eigenvalue weighted by Gasteiger charge is 2.31. The van der Waals surface area contributed by atoms with Gasteiger partial charge in [-0.15, -0.1) is 0 Å². The minimum Gasteiger partial charge on any atom is -0.382 e. The van der Waals surface area contributed by atoms with Crippen molar-refractivity contribution in [2.24, 2.45) is 20.0 Å². The largest absolute Gasteiger partial charge is 0.382 e. The predicted octanol–water partition coefficient (Wildman–Crippen LogP) is 3.56. The molecule has 0 bridgehead atoms. The van der Waals surface area contributed by atoms with E-state index in [4.69, 9.17) is 21.7 Å². The first-order valence-electron chi connectivity index (χ1n) is 18.9. The summed E-state index contributed by atoms with van der Waals surface area (Å²) in [6.07, 6.45) is 4.12. The number of halogens is 1. The van der Waals surface area contributed by atoms with Crippen molar-refractivity contribution in [3.8, 4) is 0 Å². The summed E-state index contributed by atoms with van der Waals surface area (Å²) in [5, 5.41) is 19.1. The molecule has 3 aliphatic rings. The fraction of sp³-hybridized carbons (Fsp3) is 0.474. The average molecular weight is 755 g/mol. The van der Waals surface area contributed by atoms with Gasteiger partial charge in [-0.25, -0.2) is 9.78 Å². The summed E-state index contributed by atoms with van der Waals surface area (Å²) in [5.41, 5.74) is 5.13. The maximum atomic E-state index is 13.2. The van der Waals surface area contributed by atoms with E-state index in [2.05, 4.69) is 49.0 Å². The normalized spacial score (nSPS) is 21.4. The van der Waals surface area contributed by atoms with E-state index in [-0.39, 0.29) is 29.5 Å². The van der Waals surface area contributed by atoms with Crippen molar-refractivity contribution in [1.82, 2.24) is 44.4 Å². The third kappa shape index (κ3) is 7.15. The third-order valence-electron chi connectivity index (χ3n) is 11.2. The van der Waals surface area contributed by atoms with Gasteiger partial charge in [0.1, 0.15) is 5.02 Å². The Morgan fingerprint density at radius 1 is 0.944 bits per heavy atom. The molecule has 0 aliphatic carbocycles. The highest BCUT2D eigenvalue weighted by Crippen LogP contribution is 2.33. The second-order valence-electron chi connectivity index (χ2n) is 14.8. The van der Waals surface area contributed by atoms with Crippen molar-refractivity contribution in [2.75, 3.05) is 61.3 Å². The van der Waals surface area contributed by atoms with E-state index < -0.39 is 5.92 Å². The molecule has 284 valence electrons. The minimum absolute atomic E-state index is 0.0292. The van der Waals surface area contributed by atoms with E-state index in [1.807, 2.05) is 53.7 Å². The molecular weight excluding hydrogens is 708 g/mol. The van der Waals surface area contributed by atoms with Crippen LogP contribution in [0.2, 0.25) is 5.02 Å². The lowest BCUT2D eigenvalue weighted by Crippen LogP contribution is -2.46. The van der Waals surface area contributed by atoms with Gasteiger partial charge in [-0.05, 0) is 61.6 Å². The van der Waals surface area contributed by atoms with Crippen LogP contribution in [0.15, 0.2) is 47.4 Å². The summed E-state index contributed by atoms with van der Waals surface area (Å²) < 4.78 is 5.37. The number of amides is 2. The first kappa shape index (κ1) is 36.0. The molecule has 54 heavy (non-hydrogen) atoms. The molecule has 6 heterocycles. The number of aryl methyl sites for hydroxylation is 2. The van der Waals surface area contributed by atoms with Gasteiger partial charge in [0.25, 0.3) is 0 Å². The van der Waals surface area contributed by atoms with Crippen LogP contribution in [-0.2, 0) is 30.2 Å². The van der Waals surface area contributed by atoms with Crippen LogP contribution in [0.4, 0.5) is 23.1 Å². The lowest BCUT2D eigenvalue weighted by atomic mass is 9.93. The van der Waals surface area contributed by atoms with Gasteiger partial charge < -0.3 is 20.9 Å². The van der Waals surface area contributed by atoms with Crippen molar-refractivity contribution < 1.29 is 9.59 Å². The second kappa shape index (κ2) is 15.0. The number of hydrogen-bond acceptors (Lipinski definition) is 11. The van der Waals surface area contributed by atoms with Gasteiger partial charge in [-0.1, -0.05) is 18.5 Å². The molecule has 2 amide bonds. The number of imidazole rings is 1. The highest BCUT2D eigenvalue weighted by atomic mass is 35.5. The molecule has 3 aromatic heterocycles. The summed E-state index contributed by atoms with van der Waals surface area (Å²) in [4.78, 5) is 51.9. The van der Waals surface area contributed by atoms with Crippen LogP contribution in [0.3, 0.4) is 0 Å². The van der Waals surface area contributed by atoms with Crippen LogP contribution in [-0.4, -0.2) is 97.5 Å². The number of rotatable bonds is 9. The van der Waals surface area contributed by atoms with Crippen molar-refractivity contribution in [3.05, 3.63) is 63.8 Å². The zero-order valence-corrected chi connectivity index (χ0v) is 31.7. The Kier molecular flexibility index (Phi) is 10.0. The van der Waals surface area contributed by atoms with Gasteiger partial charge >= 0.3 is 5.69 Å². The summed E-state index contributed by atoms with van der Waals surface area (Å²) in [6.45, 7) is 9.06. The molecule has 2 aromatic carbocycles. The lowest BCUT2D eigenvalue weighted by molar-refractivity contribution is -0.130. The quantitative estimate of drug-likeness (QED) is 0.163. The van der Waals surface area contributed by atoms with E-state index in [1.54, 1.807) is 10.8 Å². The van der Waals surface area contributed by atoms with E-state index in [1.165, 1.54) is 0 Å². The Hall–Kier alpha value is -4.99. The number of carbonyl (C=O) groups excluding carboxylic acids is 2. The Morgan fingerprint density at radius 2 is 1.74 bits per heavy atom. The molecule has 5 aromatic rings. The number of nitrogens with zero attached hydrogens (tertiary/aromatic N) is 8. The van der Waals surface area contributed by atoms with E-state index in [0.29, 0.717) is 48.3 Å². The van der Waals surface area contributed by atoms with Crippen molar-refractivity contribution in [2.45, 2.75) is 51.1 Å². The standard InChI is InChI=1S/C38H47ClN12O3/c1-23-22-50(14-11-29(23)42-24-7-9-26-31(19-24)48(3)46-34(26)27-5-4-6-33(52)44-36(27)53)37-41-21-28(39)35(45-37)43-25-8-10-30-32(20-25)51(38(54)47(30)2)18-17-49-15-12-40-13-16-49/h7-10,19-21,23,27,29,40,42H,4-6,11-18,22H2,1-3H3,(H,41,43,45)(H,44,52,53)/t23-,27?,29-/m1/s1. The monoisotopic (exact) mass is 754 g/mol. The van der Waals surface area contributed by atoms with E-state index in [0.717, 1.165) is 85.5 Å². The second-order valence-corrected chi connectivity index (χ2v) is 15.2. The number of anilines is 4. The predicted molar refractivity (Wildman–Crippen MR) is 211 cm³/mol. The van der Waals surface area contributed by atoms with Crippen molar-refractivity contribution in [1.29, 1.82) is 0 Å². The topological polar surface area (TPSA) is 159 Å². The molecule has 0 spiro atoms. The number of piperazine rings is 1. The average Bonchev–Trinajstić information content (AvgIpc) is 3.53. The first-order valence-corrected chi connectivity index (χ1v) is 19.2. The number of hydrogen-bond donors (Lipinski definition) is 4. The van der Waals surface area contributed by atoms with Crippen molar-refractivity contribution >= 4 is 68.5 Å². The Morgan fingerprint density at radius 3 is 2.56 bits per heavy atom. The molecule has 3 aliphatic heterocycles. The number of nitrogens with one attached hydrogen (secondary N) is 4. The Bertz CT molecular complexity index is 2270. The maximum Gasteiger partial charge on any atom is 0.328 e. The van der Waals surface area contributed by atoms with Gasteiger partial charge in [0, 0.05) is 95.7 Å². The fourth-order valence-corrected chi connectivity index (χ4v) is 8.29. The SMILES string of the molecule is C[C@@H]1CN(c2ncc(Cl)c(Nc3ccc4c(c3)n(CCN3CCNCC3)c(=O)n4C)n2)CC[C@H]1Nc1ccc2c(C3CCCC(=O)NC3=O)nn(C)c2c1. The Balaban J connectivity index is 0.939. The number of carbonyl (C=O) groups is 2. The molecular formula is C38H47ClN12O3. The van der Waals surface area contributed by atoms with Gasteiger partial charge in [0.05, 0.1) is 34.4 Å². The van der Waals surface area contributed by atoms with Gasteiger partial charge in [-0.2, -0.15) is 10.1 Å². The van der Waals surface area contributed by atoms with E-state index >= 15 is 0 Å². The third-order valence-corrected chi connectivity index (χ3v) is 11.5. The van der Waals surface area contributed by atoms with Gasteiger partial charge in [-0.3, -0.25) is 33.6 Å². The molecule has 15 nitrogen and oxygen atoms in total. The van der Waals surface area contributed by atoms with Crippen LogP contribution in [0.25, 0.3) is 21.9 Å². The number of fused-ring (bicyclic) bond motifs is 2. The number of imide groups is 1. The smallest absolute Gasteiger partial charge is 0.328 e. The maximum absolute atomic E-state index is 13.2. The molecule has 16 heteroatoms. The van der Waals surface area contributed by atoms with Crippen LogP contribution in [0.1, 0.15) is 44.2 Å². The molecule has 0 saturated carbocycles. The summed E-state index contributed by atoms with van der Waals surface area (Å²) in [7, 11) is 3.70. The fourth-order valence-electron chi connectivity index (χ4n) is 8.15. The van der Waals surface area contributed by atoms with Gasteiger partial charge in [0.15, 0.2) is 5.82 Å². The zero-order chi connectivity index (χ0) is 37.5. The first-order chi connectivity index (χ1) is 26.1. The zero-order valence-electron chi connectivity index (χ0n) is 30.9. The summed E-state index contributed by atoms with van der Waals surface area (Å²) >= 11 is 6.63. The van der Waals surface area contributed by atoms with Crippen LogP contribution >= 0.6 is 11.6 Å². The molecule has 3 saturated heterocycles. The molecule has 3 atom stereocenters. The number of aromatic nitrogens is 6. The van der Waals surface area contributed by atoms with Crippen LogP contribution < -0.4 is 31.9 Å². The lowest BCUT2D eigenvalue weighted by Gasteiger charge is -2.37. The molecule has 1 unspecified atom stereocenters. The Labute approximate surface area is 318 Å². The molecule has 0 radical (unpaired) electrons. The highest BCUT2D eigenvalue weighted by molar-refractivity contribution is 6.33. The minimum atomic E-state index is -0.446. The van der Waals surface area contributed by atoms with Crippen LogP contribution in [0.5, 0.6) is 0 Å².